The van der Waals surface area contributed by atoms with Gasteiger partial charge in [-0.3, -0.25) is 29.8 Å². The molecule has 0 saturated heterocycles. The van der Waals surface area contributed by atoms with Crippen LogP contribution in [0.15, 0.2) is 48.5 Å². The molecule has 2 rings (SSSR count). The van der Waals surface area contributed by atoms with Crippen molar-refractivity contribution in [1.29, 1.82) is 0 Å². The molecule has 0 spiro atoms. The molecule has 10 nitrogen and oxygen atoms in total. The number of amides is 2. The Kier molecular flexibility index (Phi) is 11.2. The highest BCUT2D eigenvalue weighted by molar-refractivity contribution is 5.91. The summed E-state index contributed by atoms with van der Waals surface area (Å²) in [5.74, 6) is -0.193. The molecule has 0 fully saturated rings. The van der Waals surface area contributed by atoms with Crippen LogP contribution >= 0.6 is 0 Å². The van der Waals surface area contributed by atoms with Gasteiger partial charge in [0, 0.05) is 48.5 Å². The van der Waals surface area contributed by atoms with E-state index in [0.717, 1.165) is 51.4 Å². The summed E-state index contributed by atoms with van der Waals surface area (Å²) in [7, 11) is 0. The van der Waals surface area contributed by atoms with Crippen LogP contribution in [0.25, 0.3) is 0 Å². The molecule has 182 valence electrons. The van der Waals surface area contributed by atoms with E-state index in [-0.39, 0.29) is 23.2 Å². The maximum Gasteiger partial charge on any atom is 0.269 e. The zero-order valence-corrected chi connectivity index (χ0v) is 19.0. The first-order valence-corrected chi connectivity index (χ1v) is 11.4. The normalized spacial score (nSPS) is 10.5. The lowest BCUT2D eigenvalue weighted by Gasteiger charge is -2.06. The Labute approximate surface area is 198 Å². The number of rotatable bonds is 15. The fraction of sp³-hybridized carbons (Fsp3) is 0.417. The van der Waals surface area contributed by atoms with E-state index < -0.39 is 9.85 Å². The molecular weight excluding hydrogens is 440 g/mol. The lowest BCUT2D eigenvalue weighted by Crippen LogP contribution is -2.11. The molecule has 34 heavy (non-hydrogen) atoms. The molecule has 0 aliphatic heterocycles. The van der Waals surface area contributed by atoms with Crippen molar-refractivity contribution in [3.8, 4) is 0 Å². The lowest BCUT2D eigenvalue weighted by atomic mass is 10.1. The summed E-state index contributed by atoms with van der Waals surface area (Å²) in [6.07, 6.45) is 8.61. The summed E-state index contributed by atoms with van der Waals surface area (Å²) in [4.78, 5) is 44.2. The average molecular weight is 471 g/mol. The van der Waals surface area contributed by atoms with Gasteiger partial charge in [0.25, 0.3) is 11.4 Å². The zero-order valence-electron chi connectivity index (χ0n) is 19.0. The van der Waals surface area contributed by atoms with Crippen molar-refractivity contribution < 1.29 is 19.4 Å². The molecule has 0 saturated carbocycles. The van der Waals surface area contributed by atoms with Crippen LogP contribution < -0.4 is 10.6 Å². The van der Waals surface area contributed by atoms with E-state index in [4.69, 9.17) is 0 Å². The maximum atomic E-state index is 11.9. The van der Waals surface area contributed by atoms with E-state index in [9.17, 15) is 29.8 Å². The summed E-state index contributed by atoms with van der Waals surface area (Å²) in [6.45, 7) is 0. The van der Waals surface area contributed by atoms with Crippen LogP contribution in [0.4, 0.5) is 22.7 Å². The van der Waals surface area contributed by atoms with E-state index in [2.05, 4.69) is 10.6 Å². The van der Waals surface area contributed by atoms with Crippen LogP contribution in [0.5, 0.6) is 0 Å². The number of carbonyl (C=O) groups excluding carboxylic acids is 2. The van der Waals surface area contributed by atoms with E-state index in [1.807, 2.05) is 0 Å². The van der Waals surface area contributed by atoms with E-state index >= 15 is 0 Å². The first-order chi connectivity index (χ1) is 16.3. The van der Waals surface area contributed by atoms with E-state index in [1.165, 1.54) is 48.5 Å². The summed E-state index contributed by atoms with van der Waals surface area (Å²) >= 11 is 0. The van der Waals surface area contributed by atoms with Crippen LogP contribution in [0.2, 0.25) is 0 Å². The number of benzene rings is 2. The van der Waals surface area contributed by atoms with Gasteiger partial charge in [-0.25, -0.2) is 0 Å². The van der Waals surface area contributed by atoms with Crippen molar-refractivity contribution >= 4 is 34.6 Å². The van der Waals surface area contributed by atoms with Crippen molar-refractivity contribution in [2.75, 3.05) is 10.6 Å². The number of non-ortho nitro benzene ring substituents is 2. The van der Waals surface area contributed by atoms with Gasteiger partial charge in [-0.1, -0.05) is 38.5 Å². The van der Waals surface area contributed by atoms with Crippen molar-refractivity contribution in [3.05, 3.63) is 68.8 Å². The van der Waals surface area contributed by atoms with Crippen molar-refractivity contribution in [3.63, 3.8) is 0 Å². The molecule has 0 heterocycles. The summed E-state index contributed by atoms with van der Waals surface area (Å²) in [6, 6.07) is 11.5. The number of hydrogen-bond donors (Lipinski definition) is 2. The minimum absolute atomic E-state index is 0.0106. The smallest absolute Gasteiger partial charge is 0.269 e. The van der Waals surface area contributed by atoms with E-state index in [0.29, 0.717) is 24.2 Å². The predicted octanol–water partition coefficient (Wildman–Crippen LogP) is 5.98. The first kappa shape index (κ1) is 26.4. The highest BCUT2D eigenvalue weighted by Gasteiger charge is 2.08. The minimum atomic E-state index is -0.479. The van der Waals surface area contributed by atoms with Gasteiger partial charge in [0.15, 0.2) is 0 Å². The molecule has 0 aromatic heterocycles. The molecule has 0 atom stereocenters. The summed E-state index contributed by atoms with van der Waals surface area (Å²) in [5, 5.41) is 26.8. The Hall–Kier alpha value is -3.82. The van der Waals surface area contributed by atoms with Crippen LogP contribution in [0.3, 0.4) is 0 Å². The summed E-state index contributed by atoms with van der Waals surface area (Å²) < 4.78 is 0. The second kappa shape index (κ2) is 14.4. The van der Waals surface area contributed by atoms with Crippen LogP contribution in [-0.2, 0) is 9.59 Å². The average Bonchev–Trinajstić information content (AvgIpc) is 2.81. The van der Waals surface area contributed by atoms with Gasteiger partial charge in [0.1, 0.15) is 0 Å². The third kappa shape index (κ3) is 10.2. The molecule has 2 N–H and O–H groups in total. The van der Waals surface area contributed by atoms with Gasteiger partial charge < -0.3 is 10.6 Å². The fourth-order valence-electron chi connectivity index (χ4n) is 3.41. The quantitative estimate of drug-likeness (QED) is 0.186. The number of nitro benzene ring substituents is 2. The molecule has 0 radical (unpaired) electrons. The van der Waals surface area contributed by atoms with Crippen molar-refractivity contribution in [2.45, 2.75) is 64.2 Å². The number of anilines is 2. The molecule has 0 aliphatic carbocycles. The monoisotopic (exact) mass is 470 g/mol. The second-order valence-electron chi connectivity index (χ2n) is 8.03. The molecule has 2 aromatic carbocycles. The van der Waals surface area contributed by atoms with Gasteiger partial charge in [-0.15, -0.1) is 0 Å². The van der Waals surface area contributed by atoms with Crippen molar-refractivity contribution in [2.24, 2.45) is 0 Å². The SMILES string of the molecule is O=C(CCCCCCCCCCC(=O)Nc1ccc([N+](=O)[O-])cc1)Nc1ccc([N+](=O)[O-])cc1. The number of unbranched alkanes of at least 4 members (excludes halogenated alkanes) is 7. The first-order valence-electron chi connectivity index (χ1n) is 11.4. The highest BCUT2D eigenvalue weighted by Crippen LogP contribution is 2.17. The molecule has 0 unspecified atom stereocenters. The van der Waals surface area contributed by atoms with Gasteiger partial charge in [-0.05, 0) is 37.1 Å². The van der Waals surface area contributed by atoms with Crippen LogP contribution in [-0.4, -0.2) is 21.7 Å². The fourth-order valence-corrected chi connectivity index (χ4v) is 3.41. The molecule has 0 aliphatic rings. The number of nitrogens with one attached hydrogen (secondary N) is 2. The van der Waals surface area contributed by atoms with Crippen LogP contribution in [0.1, 0.15) is 64.2 Å². The Morgan fingerprint density at radius 1 is 0.559 bits per heavy atom. The number of nitrogens with zero attached hydrogens (tertiary/aromatic N) is 2. The van der Waals surface area contributed by atoms with Gasteiger partial charge in [0.05, 0.1) is 9.85 Å². The predicted molar refractivity (Wildman–Crippen MR) is 130 cm³/mol. The van der Waals surface area contributed by atoms with Gasteiger partial charge in [-0.2, -0.15) is 0 Å². The topological polar surface area (TPSA) is 144 Å². The van der Waals surface area contributed by atoms with Gasteiger partial charge >= 0.3 is 0 Å². The molecule has 2 aromatic rings. The Balaban J connectivity index is 1.44. The highest BCUT2D eigenvalue weighted by atomic mass is 16.6. The Bertz CT molecular complexity index is 881. The lowest BCUT2D eigenvalue weighted by molar-refractivity contribution is -0.385. The standard InChI is InChI=1S/C24H30N4O6/c29-23(25-19-11-15-21(16-12-19)27(31)32)9-7-5-3-1-2-4-6-8-10-24(30)26-20-13-17-22(18-14-20)28(33)34/h11-18H,1-10H2,(H,25,29)(H,26,30). The third-order valence-corrected chi connectivity index (χ3v) is 5.28. The zero-order chi connectivity index (χ0) is 24.8. The van der Waals surface area contributed by atoms with E-state index in [1.54, 1.807) is 0 Å². The largest absolute Gasteiger partial charge is 0.326 e. The minimum Gasteiger partial charge on any atom is -0.326 e. The number of carbonyl (C=O) groups is 2. The Morgan fingerprint density at radius 2 is 0.853 bits per heavy atom. The maximum absolute atomic E-state index is 11.9. The molecule has 2 amide bonds. The van der Waals surface area contributed by atoms with Crippen LogP contribution in [0, 0.1) is 20.2 Å². The Morgan fingerprint density at radius 3 is 1.15 bits per heavy atom. The second-order valence-corrected chi connectivity index (χ2v) is 8.03. The summed E-state index contributed by atoms with van der Waals surface area (Å²) in [5.41, 5.74) is 1.08. The number of hydrogen-bond acceptors (Lipinski definition) is 6. The molecule has 0 bridgehead atoms. The molecule has 10 heteroatoms. The number of nitro groups is 2. The third-order valence-electron chi connectivity index (χ3n) is 5.28. The molecular formula is C24H30N4O6. The van der Waals surface area contributed by atoms with Gasteiger partial charge in [0.2, 0.25) is 11.8 Å². The van der Waals surface area contributed by atoms with Crippen molar-refractivity contribution in [1.82, 2.24) is 0 Å².